The molecule has 1 amide bonds. The fraction of sp³-hybridized carbons (Fsp3) is 0.208. The van der Waals surface area contributed by atoms with Gasteiger partial charge >= 0.3 is 0 Å². The molecule has 1 fully saturated rings. The molecule has 4 heterocycles. The van der Waals surface area contributed by atoms with E-state index in [4.69, 9.17) is 4.74 Å². The molecule has 0 bridgehead atoms. The van der Waals surface area contributed by atoms with Gasteiger partial charge in [-0.2, -0.15) is 0 Å². The van der Waals surface area contributed by atoms with E-state index in [0.717, 1.165) is 55.0 Å². The number of fused-ring (bicyclic) bond motifs is 1. The van der Waals surface area contributed by atoms with E-state index in [2.05, 4.69) is 30.2 Å². The van der Waals surface area contributed by atoms with Gasteiger partial charge in [-0.15, -0.1) is 0 Å². The smallest absolute Gasteiger partial charge is 0.256 e. The molecule has 8 nitrogen and oxygen atoms in total. The fourth-order valence-corrected chi connectivity index (χ4v) is 3.66. The molecular weight excluding hydrogens is 404 g/mol. The van der Waals surface area contributed by atoms with E-state index < -0.39 is 0 Å². The highest BCUT2D eigenvalue weighted by Gasteiger charge is 2.12. The highest BCUT2D eigenvalue weighted by Crippen LogP contribution is 2.22. The number of aromatic nitrogens is 4. The first-order valence-corrected chi connectivity index (χ1v) is 10.5. The summed E-state index contributed by atoms with van der Waals surface area (Å²) in [7, 11) is 0. The predicted molar refractivity (Wildman–Crippen MR) is 121 cm³/mol. The van der Waals surface area contributed by atoms with E-state index in [1.807, 2.05) is 36.4 Å². The minimum Gasteiger partial charge on any atom is -0.379 e. The van der Waals surface area contributed by atoms with Crippen LogP contribution in [0.3, 0.4) is 0 Å². The summed E-state index contributed by atoms with van der Waals surface area (Å²) in [6, 6.07) is 11.5. The number of hydrogen-bond acceptors (Lipinski definition) is 7. The summed E-state index contributed by atoms with van der Waals surface area (Å²) < 4.78 is 5.39. The van der Waals surface area contributed by atoms with Crippen LogP contribution in [0.5, 0.6) is 0 Å². The Morgan fingerprint density at radius 1 is 0.969 bits per heavy atom. The molecule has 32 heavy (non-hydrogen) atoms. The van der Waals surface area contributed by atoms with E-state index in [9.17, 15) is 4.79 Å². The van der Waals surface area contributed by atoms with Gasteiger partial charge in [0, 0.05) is 54.7 Å². The molecule has 0 spiro atoms. The summed E-state index contributed by atoms with van der Waals surface area (Å²) in [6.07, 6.45) is 8.35. The van der Waals surface area contributed by atoms with E-state index in [0.29, 0.717) is 11.4 Å². The molecule has 0 aliphatic carbocycles. The predicted octanol–water partition coefficient (Wildman–Crippen LogP) is 3.17. The minimum absolute atomic E-state index is 0.201. The van der Waals surface area contributed by atoms with E-state index in [1.54, 1.807) is 31.0 Å². The topological polar surface area (TPSA) is 93.1 Å². The maximum absolute atomic E-state index is 12.7. The maximum atomic E-state index is 12.7. The molecule has 1 aliphatic heterocycles. The number of anilines is 1. The van der Waals surface area contributed by atoms with Gasteiger partial charge in [0.1, 0.15) is 5.82 Å². The van der Waals surface area contributed by atoms with Crippen LogP contribution in [0.25, 0.3) is 22.2 Å². The number of benzene rings is 1. The van der Waals surface area contributed by atoms with Crippen molar-refractivity contribution in [3.05, 3.63) is 78.5 Å². The summed E-state index contributed by atoms with van der Waals surface area (Å²) in [5.41, 5.74) is 4.09. The number of morpholine rings is 1. The SMILES string of the molecule is O=C(Nc1cc2cc(-c3cnccn3)cnc2cn1)c1ccc(CN2CCOCC2)cc1. The average Bonchev–Trinajstić information content (AvgIpc) is 2.85. The molecule has 0 atom stereocenters. The molecule has 8 heteroatoms. The first-order valence-electron chi connectivity index (χ1n) is 10.5. The second kappa shape index (κ2) is 9.17. The van der Waals surface area contributed by atoms with Gasteiger partial charge in [-0.05, 0) is 29.8 Å². The minimum atomic E-state index is -0.201. The van der Waals surface area contributed by atoms with Crippen LogP contribution in [0.15, 0.2) is 67.4 Å². The van der Waals surface area contributed by atoms with Crippen LogP contribution in [-0.2, 0) is 11.3 Å². The molecule has 5 rings (SSSR count). The summed E-state index contributed by atoms with van der Waals surface area (Å²) >= 11 is 0. The van der Waals surface area contributed by atoms with Crippen molar-refractivity contribution in [2.75, 3.05) is 31.6 Å². The van der Waals surface area contributed by atoms with Crippen LogP contribution in [-0.4, -0.2) is 57.0 Å². The van der Waals surface area contributed by atoms with E-state index in [-0.39, 0.29) is 5.91 Å². The number of amides is 1. The molecule has 0 saturated carbocycles. The van der Waals surface area contributed by atoms with Crippen molar-refractivity contribution in [2.45, 2.75) is 6.54 Å². The third-order valence-electron chi connectivity index (χ3n) is 5.39. The Kier molecular flexibility index (Phi) is 5.78. The third kappa shape index (κ3) is 4.61. The third-order valence-corrected chi connectivity index (χ3v) is 5.39. The van der Waals surface area contributed by atoms with Gasteiger partial charge in [0.15, 0.2) is 0 Å². The van der Waals surface area contributed by atoms with Crippen molar-refractivity contribution in [3.63, 3.8) is 0 Å². The number of rotatable bonds is 5. The fourth-order valence-electron chi connectivity index (χ4n) is 3.66. The number of ether oxygens (including phenoxy) is 1. The van der Waals surface area contributed by atoms with Crippen LogP contribution in [0.2, 0.25) is 0 Å². The number of nitrogens with zero attached hydrogens (tertiary/aromatic N) is 5. The Labute approximate surface area is 185 Å². The molecule has 4 aromatic rings. The lowest BCUT2D eigenvalue weighted by atomic mass is 10.1. The monoisotopic (exact) mass is 426 g/mol. The van der Waals surface area contributed by atoms with Crippen molar-refractivity contribution in [3.8, 4) is 11.3 Å². The average molecular weight is 426 g/mol. The standard InChI is InChI=1S/C24H22N6O2/c31-24(18-3-1-17(2-4-18)16-30-7-9-32-10-8-30)29-23-12-19-11-20(13-27-22(19)15-28-23)21-14-25-5-6-26-21/h1-6,11-15H,7-10,16H2,(H,28,29,31). The second-order valence-electron chi connectivity index (χ2n) is 7.62. The van der Waals surface area contributed by atoms with Gasteiger partial charge in [0.25, 0.3) is 5.91 Å². The van der Waals surface area contributed by atoms with Crippen LogP contribution in [0.4, 0.5) is 5.82 Å². The molecule has 1 aromatic carbocycles. The van der Waals surface area contributed by atoms with Gasteiger partial charge in [0.2, 0.25) is 0 Å². The molecule has 160 valence electrons. The Hall–Kier alpha value is -3.75. The van der Waals surface area contributed by atoms with E-state index >= 15 is 0 Å². The molecule has 3 aromatic heterocycles. The normalized spacial score (nSPS) is 14.4. The van der Waals surface area contributed by atoms with Crippen molar-refractivity contribution < 1.29 is 9.53 Å². The van der Waals surface area contributed by atoms with Gasteiger partial charge < -0.3 is 10.1 Å². The summed E-state index contributed by atoms with van der Waals surface area (Å²) in [5.74, 6) is 0.269. The lowest BCUT2D eigenvalue weighted by Gasteiger charge is -2.26. The summed E-state index contributed by atoms with van der Waals surface area (Å²) in [6.45, 7) is 4.27. The number of carbonyl (C=O) groups is 1. The van der Waals surface area contributed by atoms with Gasteiger partial charge in [-0.3, -0.25) is 24.6 Å². The Balaban J connectivity index is 1.29. The largest absolute Gasteiger partial charge is 0.379 e. The lowest BCUT2D eigenvalue weighted by molar-refractivity contribution is 0.0342. The van der Waals surface area contributed by atoms with Crippen molar-refractivity contribution >= 4 is 22.6 Å². The first kappa shape index (κ1) is 20.2. The summed E-state index contributed by atoms with van der Waals surface area (Å²) in [5, 5.41) is 3.74. The molecular formula is C24H22N6O2. The first-order chi connectivity index (χ1) is 15.7. The highest BCUT2D eigenvalue weighted by atomic mass is 16.5. The van der Waals surface area contributed by atoms with Crippen molar-refractivity contribution in [1.82, 2.24) is 24.8 Å². The zero-order valence-electron chi connectivity index (χ0n) is 17.4. The van der Waals surface area contributed by atoms with Crippen molar-refractivity contribution in [2.24, 2.45) is 0 Å². The van der Waals surface area contributed by atoms with Crippen LogP contribution in [0.1, 0.15) is 15.9 Å². The Morgan fingerprint density at radius 3 is 2.59 bits per heavy atom. The Morgan fingerprint density at radius 2 is 1.81 bits per heavy atom. The van der Waals surface area contributed by atoms with Crippen LogP contribution in [0, 0.1) is 0 Å². The molecule has 1 N–H and O–H groups in total. The van der Waals surface area contributed by atoms with Gasteiger partial charge in [0.05, 0.1) is 36.8 Å². The summed E-state index contributed by atoms with van der Waals surface area (Å²) in [4.78, 5) is 32.3. The quantitative estimate of drug-likeness (QED) is 0.524. The molecule has 1 aliphatic rings. The van der Waals surface area contributed by atoms with Gasteiger partial charge in [-0.25, -0.2) is 4.98 Å². The second-order valence-corrected chi connectivity index (χ2v) is 7.62. The molecule has 0 radical (unpaired) electrons. The number of nitrogens with one attached hydrogen (secondary N) is 1. The van der Waals surface area contributed by atoms with Crippen molar-refractivity contribution in [1.29, 1.82) is 0 Å². The molecule has 1 saturated heterocycles. The number of pyridine rings is 2. The van der Waals surface area contributed by atoms with E-state index in [1.165, 1.54) is 5.56 Å². The zero-order valence-corrected chi connectivity index (χ0v) is 17.4. The lowest BCUT2D eigenvalue weighted by Crippen LogP contribution is -2.35. The Bertz CT molecular complexity index is 1220. The van der Waals surface area contributed by atoms with Crippen LogP contribution >= 0.6 is 0 Å². The number of hydrogen-bond donors (Lipinski definition) is 1. The zero-order chi connectivity index (χ0) is 21.8. The van der Waals surface area contributed by atoms with Crippen LogP contribution < -0.4 is 5.32 Å². The van der Waals surface area contributed by atoms with Gasteiger partial charge in [-0.1, -0.05) is 12.1 Å². The highest BCUT2D eigenvalue weighted by molar-refractivity contribution is 6.04. The molecule has 0 unspecified atom stereocenters. The number of carbonyl (C=O) groups excluding carboxylic acids is 1. The maximum Gasteiger partial charge on any atom is 0.256 e.